The highest BCUT2D eigenvalue weighted by atomic mass is 79.9. The van der Waals surface area contributed by atoms with Crippen LogP contribution >= 0.6 is 27.3 Å². The van der Waals surface area contributed by atoms with Crippen molar-refractivity contribution in [1.82, 2.24) is 10.2 Å². The maximum absolute atomic E-state index is 13.1. The molecule has 3 aromatic rings. The van der Waals surface area contributed by atoms with E-state index in [9.17, 15) is 18.0 Å². The van der Waals surface area contributed by atoms with Crippen molar-refractivity contribution >= 4 is 33.2 Å². The number of hydrogen-bond donors (Lipinski definition) is 1. The first-order valence-electron chi connectivity index (χ1n) is 10.2. The molecule has 1 unspecified atom stereocenters. The Morgan fingerprint density at radius 3 is 2.27 bits per heavy atom. The molecule has 0 spiro atoms. The molecule has 0 aliphatic carbocycles. The maximum atomic E-state index is 13.1. The molecule has 1 aliphatic heterocycles. The fourth-order valence-electron chi connectivity index (χ4n) is 4.04. The van der Waals surface area contributed by atoms with E-state index in [4.69, 9.17) is 5.26 Å². The molecule has 4 nitrogen and oxygen atoms in total. The van der Waals surface area contributed by atoms with Crippen LogP contribution in [0.3, 0.4) is 0 Å². The summed E-state index contributed by atoms with van der Waals surface area (Å²) in [7, 11) is 0. The van der Waals surface area contributed by atoms with E-state index in [-0.39, 0.29) is 18.0 Å². The summed E-state index contributed by atoms with van der Waals surface area (Å²) >= 11 is 4.72. The minimum atomic E-state index is -4.40. The maximum Gasteiger partial charge on any atom is 0.416 e. The topological polar surface area (TPSA) is 56.1 Å². The van der Waals surface area contributed by atoms with Crippen molar-refractivity contribution in [3.63, 3.8) is 0 Å². The van der Waals surface area contributed by atoms with E-state index < -0.39 is 11.7 Å². The molecule has 33 heavy (non-hydrogen) atoms. The summed E-state index contributed by atoms with van der Waals surface area (Å²) in [5, 5.41) is 12.2. The minimum Gasteiger partial charge on any atom is -0.347 e. The van der Waals surface area contributed by atoms with Gasteiger partial charge in [-0.3, -0.25) is 9.69 Å². The van der Waals surface area contributed by atoms with Gasteiger partial charge < -0.3 is 5.32 Å². The van der Waals surface area contributed by atoms with Crippen LogP contribution in [0.2, 0.25) is 0 Å². The van der Waals surface area contributed by atoms with E-state index in [1.807, 2.05) is 18.2 Å². The monoisotopic (exact) mass is 533 g/mol. The van der Waals surface area contributed by atoms with Gasteiger partial charge in [-0.15, -0.1) is 11.3 Å². The van der Waals surface area contributed by atoms with Crippen molar-refractivity contribution in [1.29, 1.82) is 5.26 Å². The summed E-state index contributed by atoms with van der Waals surface area (Å²) in [4.78, 5) is 15.3. The average Bonchev–Trinajstić information content (AvgIpc) is 3.43. The molecule has 1 N–H and O–H groups in total. The van der Waals surface area contributed by atoms with Crippen molar-refractivity contribution in [3.05, 3.63) is 91.6 Å². The van der Waals surface area contributed by atoms with Crippen LogP contribution in [-0.4, -0.2) is 29.9 Å². The standard InChI is InChI=1S/C24H19BrF3N3OS/c25-21-10-9-20(33-21)23(32)30-19-11-12-31(14-19)22(16-3-1-15(13-29)2-4-16)17-5-7-18(8-6-17)24(26,27)28/h1-10,19,22H,11-12,14H2,(H,30,32)/t19-,22?/m1/s1. The zero-order valence-electron chi connectivity index (χ0n) is 17.3. The van der Waals surface area contributed by atoms with Crippen LogP contribution in [0.1, 0.15) is 44.4 Å². The molecule has 0 radical (unpaired) electrons. The molecule has 2 heterocycles. The highest BCUT2D eigenvalue weighted by Crippen LogP contribution is 2.35. The smallest absolute Gasteiger partial charge is 0.347 e. The van der Waals surface area contributed by atoms with Gasteiger partial charge in [0.2, 0.25) is 0 Å². The number of rotatable bonds is 5. The fourth-order valence-corrected chi connectivity index (χ4v) is 5.33. The molecule has 170 valence electrons. The van der Waals surface area contributed by atoms with Gasteiger partial charge in [0.05, 0.1) is 31.9 Å². The van der Waals surface area contributed by atoms with Gasteiger partial charge >= 0.3 is 6.18 Å². The number of thiophene rings is 1. The number of nitrogens with one attached hydrogen (secondary N) is 1. The van der Waals surface area contributed by atoms with E-state index >= 15 is 0 Å². The summed E-state index contributed by atoms with van der Waals surface area (Å²) < 4.78 is 40.1. The molecule has 2 aromatic carbocycles. The lowest BCUT2D eigenvalue weighted by Gasteiger charge is -2.29. The van der Waals surface area contributed by atoms with E-state index in [2.05, 4.69) is 32.2 Å². The second-order valence-electron chi connectivity index (χ2n) is 7.81. The number of hydrogen-bond acceptors (Lipinski definition) is 4. The second kappa shape index (κ2) is 9.67. The van der Waals surface area contributed by atoms with Gasteiger partial charge in [-0.05, 0) is 69.9 Å². The number of nitriles is 1. The van der Waals surface area contributed by atoms with Crippen molar-refractivity contribution in [3.8, 4) is 6.07 Å². The van der Waals surface area contributed by atoms with E-state index in [0.29, 0.717) is 23.5 Å². The Morgan fingerprint density at radius 2 is 1.73 bits per heavy atom. The zero-order valence-corrected chi connectivity index (χ0v) is 19.7. The number of carbonyl (C=O) groups excluding carboxylic acids is 1. The SMILES string of the molecule is N#Cc1ccc(C(c2ccc(C(F)(F)F)cc2)N2CC[C@@H](NC(=O)c3ccc(Br)s3)C2)cc1. The molecule has 1 fully saturated rings. The molecule has 1 saturated heterocycles. The minimum absolute atomic E-state index is 0.0753. The number of benzene rings is 2. The third-order valence-corrected chi connectivity index (χ3v) is 7.25. The Bertz CT molecular complexity index is 1170. The van der Waals surface area contributed by atoms with Crippen LogP contribution < -0.4 is 5.32 Å². The molecule has 4 rings (SSSR count). The molecule has 0 bridgehead atoms. The number of alkyl halides is 3. The molecule has 1 amide bonds. The molecule has 0 saturated carbocycles. The summed E-state index contributed by atoms with van der Waals surface area (Å²) in [6.07, 6.45) is -3.67. The van der Waals surface area contributed by atoms with E-state index in [1.165, 1.54) is 23.5 Å². The summed E-state index contributed by atoms with van der Waals surface area (Å²) in [6.45, 7) is 1.23. The van der Waals surface area contributed by atoms with E-state index in [1.54, 1.807) is 18.2 Å². The number of likely N-dealkylation sites (tertiary alicyclic amines) is 1. The predicted molar refractivity (Wildman–Crippen MR) is 124 cm³/mol. The number of amides is 1. The largest absolute Gasteiger partial charge is 0.416 e. The van der Waals surface area contributed by atoms with Crippen LogP contribution in [0.15, 0.2) is 64.5 Å². The van der Waals surface area contributed by atoms with Gasteiger partial charge in [-0.1, -0.05) is 24.3 Å². The first kappa shape index (κ1) is 23.5. The predicted octanol–water partition coefficient (Wildman–Crippen LogP) is 5.99. The Kier molecular flexibility index (Phi) is 6.88. The van der Waals surface area contributed by atoms with Crippen LogP contribution in [0.5, 0.6) is 0 Å². The van der Waals surface area contributed by atoms with Gasteiger partial charge in [-0.2, -0.15) is 18.4 Å². The summed E-state index contributed by atoms with van der Waals surface area (Å²) in [6, 6.07) is 17.6. The molecular weight excluding hydrogens is 515 g/mol. The van der Waals surface area contributed by atoms with Crippen molar-refractivity contribution in [2.24, 2.45) is 0 Å². The van der Waals surface area contributed by atoms with Crippen LogP contribution in [0, 0.1) is 11.3 Å². The van der Waals surface area contributed by atoms with Gasteiger partial charge in [0.1, 0.15) is 0 Å². The van der Waals surface area contributed by atoms with Gasteiger partial charge in [0.25, 0.3) is 5.91 Å². The van der Waals surface area contributed by atoms with Crippen molar-refractivity contribution in [2.45, 2.75) is 24.7 Å². The normalized spacial score (nSPS) is 17.5. The summed E-state index contributed by atoms with van der Waals surface area (Å²) in [5.41, 5.74) is 1.42. The molecule has 9 heteroatoms. The molecule has 2 atom stereocenters. The van der Waals surface area contributed by atoms with E-state index in [0.717, 1.165) is 33.5 Å². The third-order valence-electron chi connectivity index (χ3n) is 5.63. The van der Waals surface area contributed by atoms with Crippen molar-refractivity contribution in [2.75, 3.05) is 13.1 Å². The zero-order chi connectivity index (χ0) is 23.6. The first-order chi connectivity index (χ1) is 15.7. The van der Waals surface area contributed by atoms with Gasteiger partial charge in [0, 0.05) is 19.1 Å². The quantitative estimate of drug-likeness (QED) is 0.437. The van der Waals surface area contributed by atoms with Gasteiger partial charge in [-0.25, -0.2) is 0 Å². The van der Waals surface area contributed by atoms with Crippen molar-refractivity contribution < 1.29 is 18.0 Å². The van der Waals surface area contributed by atoms with Crippen LogP contribution in [0.4, 0.5) is 13.2 Å². The first-order valence-corrected chi connectivity index (χ1v) is 11.8. The molecule has 1 aromatic heterocycles. The Labute approximate surface area is 201 Å². The lowest BCUT2D eigenvalue weighted by molar-refractivity contribution is -0.137. The highest BCUT2D eigenvalue weighted by Gasteiger charge is 2.33. The fraction of sp³-hybridized carbons (Fsp3) is 0.250. The molecular formula is C24H19BrF3N3OS. The number of carbonyl (C=O) groups is 1. The average molecular weight is 534 g/mol. The Balaban J connectivity index is 1.57. The second-order valence-corrected chi connectivity index (χ2v) is 10.3. The number of halogens is 4. The Morgan fingerprint density at radius 1 is 1.09 bits per heavy atom. The molecule has 1 aliphatic rings. The van der Waals surface area contributed by atoms with Gasteiger partial charge in [0.15, 0.2) is 0 Å². The Hall–Kier alpha value is -2.67. The summed E-state index contributed by atoms with van der Waals surface area (Å²) in [5.74, 6) is -0.137. The third kappa shape index (κ3) is 5.46. The highest BCUT2D eigenvalue weighted by molar-refractivity contribution is 9.11. The lowest BCUT2D eigenvalue weighted by Crippen LogP contribution is -2.37. The number of nitrogens with zero attached hydrogens (tertiary/aromatic N) is 2. The lowest BCUT2D eigenvalue weighted by atomic mass is 9.95. The van der Waals surface area contributed by atoms with Crippen LogP contribution in [0.25, 0.3) is 0 Å². The van der Waals surface area contributed by atoms with Crippen LogP contribution in [-0.2, 0) is 6.18 Å².